The summed E-state index contributed by atoms with van der Waals surface area (Å²) in [6.07, 6.45) is 0. The third-order valence-corrected chi connectivity index (χ3v) is 4.76. The van der Waals surface area contributed by atoms with Gasteiger partial charge >= 0.3 is 59.1 Å². The van der Waals surface area contributed by atoms with Crippen LogP contribution in [-0.2, 0) is 20.2 Å². The first-order chi connectivity index (χ1) is 10.5. The summed E-state index contributed by atoms with van der Waals surface area (Å²) >= 11 is 0. The van der Waals surface area contributed by atoms with E-state index in [1.807, 2.05) is 0 Å². The molecule has 12 heteroatoms. The molecule has 0 saturated carbocycles. The molecule has 25 heavy (non-hydrogen) atoms. The molecular formula is C13H8Na2O8S2. The van der Waals surface area contributed by atoms with Gasteiger partial charge < -0.3 is 14.2 Å². The van der Waals surface area contributed by atoms with Gasteiger partial charge in [-0.3, -0.25) is 4.79 Å². The van der Waals surface area contributed by atoms with E-state index >= 15 is 0 Å². The van der Waals surface area contributed by atoms with Crippen molar-refractivity contribution in [3.63, 3.8) is 0 Å². The maximum Gasteiger partial charge on any atom is 1.00 e. The number of rotatable bonds is 4. The van der Waals surface area contributed by atoms with Gasteiger partial charge in [0.1, 0.15) is 26.0 Å². The molecule has 0 aliphatic carbocycles. The van der Waals surface area contributed by atoms with Crippen LogP contribution in [0.5, 0.6) is 5.75 Å². The predicted molar refractivity (Wildman–Crippen MR) is 73.9 cm³/mol. The topological polar surface area (TPSA) is 152 Å². The van der Waals surface area contributed by atoms with Crippen LogP contribution in [-0.4, -0.2) is 36.8 Å². The van der Waals surface area contributed by atoms with Crippen LogP contribution in [0.3, 0.4) is 0 Å². The fourth-order valence-electron chi connectivity index (χ4n) is 1.87. The molecule has 0 aliphatic rings. The Labute approximate surface area is 188 Å². The van der Waals surface area contributed by atoms with Crippen LogP contribution in [0, 0.1) is 0 Å². The van der Waals surface area contributed by atoms with E-state index in [1.54, 1.807) is 6.07 Å². The molecule has 8 nitrogen and oxygen atoms in total. The minimum atomic E-state index is -5.36. The van der Waals surface area contributed by atoms with E-state index in [0.717, 1.165) is 0 Å². The van der Waals surface area contributed by atoms with Crippen LogP contribution in [0.15, 0.2) is 52.3 Å². The Morgan fingerprint density at radius 1 is 0.840 bits per heavy atom. The van der Waals surface area contributed by atoms with Gasteiger partial charge in [0.25, 0.3) is 0 Å². The summed E-state index contributed by atoms with van der Waals surface area (Å²) in [5.74, 6) is -1.77. The van der Waals surface area contributed by atoms with E-state index in [-0.39, 0.29) is 70.7 Å². The van der Waals surface area contributed by atoms with E-state index in [2.05, 4.69) is 0 Å². The van der Waals surface area contributed by atoms with E-state index < -0.39 is 47.1 Å². The van der Waals surface area contributed by atoms with Crippen molar-refractivity contribution in [1.82, 2.24) is 0 Å². The number of phenolic OH excluding ortho intramolecular Hbond substituents is 1. The van der Waals surface area contributed by atoms with Crippen molar-refractivity contribution in [3.05, 3.63) is 53.6 Å². The van der Waals surface area contributed by atoms with Crippen LogP contribution >= 0.6 is 0 Å². The molecule has 2 aromatic rings. The van der Waals surface area contributed by atoms with Crippen LogP contribution in [0.1, 0.15) is 15.9 Å². The zero-order chi connectivity index (χ0) is 17.4. The smallest absolute Gasteiger partial charge is 0.744 e. The Kier molecular flexibility index (Phi) is 8.99. The minimum absolute atomic E-state index is 0. The van der Waals surface area contributed by atoms with Crippen LogP contribution in [0.4, 0.5) is 0 Å². The second kappa shape index (κ2) is 9.09. The van der Waals surface area contributed by atoms with Gasteiger partial charge in [-0.2, -0.15) is 0 Å². The Hall–Kier alpha value is -0.270. The van der Waals surface area contributed by atoms with Gasteiger partial charge in [0, 0.05) is 5.56 Å². The molecule has 0 fully saturated rings. The summed E-state index contributed by atoms with van der Waals surface area (Å²) in [6, 6.07) is 8.02. The fourth-order valence-corrected chi connectivity index (χ4v) is 3.61. The normalized spacial score (nSPS) is 11.1. The molecule has 122 valence electrons. The molecule has 2 aromatic carbocycles. The molecule has 2 rings (SSSR count). The van der Waals surface area contributed by atoms with Crippen molar-refractivity contribution in [2.24, 2.45) is 0 Å². The number of carbonyl (C=O) groups is 1. The fraction of sp³-hybridized carbons (Fsp3) is 0. The van der Waals surface area contributed by atoms with Crippen LogP contribution < -0.4 is 59.1 Å². The predicted octanol–water partition coefficient (Wildman–Crippen LogP) is -5.56. The molecule has 0 saturated heterocycles. The van der Waals surface area contributed by atoms with Crippen molar-refractivity contribution in [2.45, 2.75) is 9.79 Å². The number of aromatic hydroxyl groups is 1. The van der Waals surface area contributed by atoms with Crippen LogP contribution in [0.25, 0.3) is 0 Å². The number of hydrogen-bond acceptors (Lipinski definition) is 8. The molecule has 0 aliphatic heterocycles. The second-order valence-corrected chi connectivity index (χ2v) is 7.12. The average Bonchev–Trinajstić information content (AvgIpc) is 2.45. The number of phenols is 1. The molecule has 1 N–H and O–H groups in total. The summed E-state index contributed by atoms with van der Waals surface area (Å²) in [7, 11) is -10.7. The largest absolute Gasteiger partial charge is 1.00 e. The zero-order valence-corrected chi connectivity index (χ0v) is 18.8. The maximum absolute atomic E-state index is 12.2. The molecule has 0 unspecified atom stereocenters. The van der Waals surface area contributed by atoms with Crippen molar-refractivity contribution in [2.75, 3.05) is 0 Å². The second-order valence-electron chi connectivity index (χ2n) is 4.42. The molecule has 0 heterocycles. The van der Waals surface area contributed by atoms with Gasteiger partial charge in [-0.15, -0.1) is 0 Å². The molecule has 0 amide bonds. The van der Waals surface area contributed by atoms with Crippen molar-refractivity contribution >= 4 is 26.0 Å². The first-order valence-electron chi connectivity index (χ1n) is 5.90. The summed E-state index contributed by atoms with van der Waals surface area (Å²) in [6.45, 7) is 0. The van der Waals surface area contributed by atoms with Crippen molar-refractivity contribution in [3.8, 4) is 5.75 Å². The third-order valence-electron chi connectivity index (χ3n) is 2.88. The maximum atomic E-state index is 12.2. The SMILES string of the molecule is O=C(c1ccccc1)c1cc(S(=O)(=O)[O-])c(S(=O)(=O)[O-])cc1O.[Na+].[Na+]. The van der Waals surface area contributed by atoms with E-state index in [0.29, 0.717) is 6.07 Å². The Balaban J connectivity index is 0.00000288. The molecule has 0 aromatic heterocycles. The summed E-state index contributed by atoms with van der Waals surface area (Å²) in [4.78, 5) is 9.43. The van der Waals surface area contributed by atoms with Crippen molar-refractivity contribution < 1.29 is 95.0 Å². The number of carbonyl (C=O) groups excluding carboxylic acids is 1. The van der Waals surface area contributed by atoms with Crippen molar-refractivity contribution in [1.29, 1.82) is 0 Å². The monoisotopic (exact) mass is 402 g/mol. The minimum Gasteiger partial charge on any atom is -0.744 e. The number of benzene rings is 2. The first-order valence-corrected chi connectivity index (χ1v) is 8.72. The third kappa shape index (κ3) is 5.86. The van der Waals surface area contributed by atoms with Gasteiger partial charge in [0.05, 0.1) is 15.4 Å². The van der Waals surface area contributed by atoms with Gasteiger partial charge in [0.2, 0.25) is 0 Å². The average molecular weight is 402 g/mol. The van der Waals surface area contributed by atoms with Gasteiger partial charge in [-0.05, 0) is 12.1 Å². The Morgan fingerprint density at radius 3 is 1.72 bits per heavy atom. The number of hydrogen-bond donors (Lipinski definition) is 1. The summed E-state index contributed by atoms with van der Waals surface area (Å²) < 4.78 is 66.7. The summed E-state index contributed by atoms with van der Waals surface area (Å²) in [5, 5.41) is 9.76. The van der Waals surface area contributed by atoms with E-state index in [9.17, 15) is 35.8 Å². The number of ketones is 1. The molecular weight excluding hydrogens is 394 g/mol. The Bertz CT molecular complexity index is 986. The molecule has 0 radical (unpaired) electrons. The standard InChI is InChI=1S/C13H10O8S2.2Na/c14-10-7-12(23(19,20)21)11(22(16,17)18)6-9(10)13(15)8-4-2-1-3-5-8;;/h1-7,14H,(H,16,17,18)(H,19,20,21);;/q;2*+1/p-2. The molecule has 0 bridgehead atoms. The van der Waals surface area contributed by atoms with E-state index in [4.69, 9.17) is 0 Å². The van der Waals surface area contributed by atoms with E-state index in [1.165, 1.54) is 24.3 Å². The zero-order valence-electron chi connectivity index (χ0n) is 13.2. The molecule has 0 atom stereocenters. The Morgan fingerprint density at radius 2 is 1.28 bits per heavy atom. The quantitative estimate of drug-likeness (QED) is 0.302. The summed E-state index contributed by atoms with van der Waals surface area (Å²) in [5.41, 5.74) is -0.548. The molecule has 0 spiro atoms. The van der Waals surface area contributed by atoms with Gasteiger partial charge in [-0.25, -0.2) is 16.8 Å². The van der Waals surface area contributed by atoms with Crippen LogP contribution in [0.2, 0.25) is 0 Å². The van der Waals surface area contributed by atoms with Gasteiger partial charge in [0.15, 0.2) is 5.78 Å². The van der Waals surface area contributed by atoms with Gasteiger partial charge in [-0.1, -0.05) is 30.3 Å². The first kappa shape index (κ1) is 24.7.